The number of rotatable bonds is 7. The number of ether oxygens (including phenoxy) is 1. The molecule has 246 valence electrons. The van der Waals surface area contributed by atoms with Gasteiger partial charge in [0.05, 0.1) is 5.52 Å². The van der Waals surface area contributed by atoms with Crippen LogP contribution in [0.4, 0.5) is 10.6 Å². The molecule has 4 aliphatic rings. The van der Waals surface area contributed by atoms with Crippen LogP contribution >= 0.6 is 0 Å². The first-order valence-electron chi connectivity index (χ1n) is 17.4. The molecule has 0 spiro atoms. The van der Waals surface area contributed by atoms with Gasteiger partial charge in [0.25, 0.3) is 0 Å². The largest absolute Gasteiger partial charge is 0.508 e. The Hall–Kier alpha value is -4.15. The smallest absolute Gasteiger partial charge is 0.319 e. The van der Waals surface area contributed by atoms with Crippen LogP contribution < -0.4 is 15.0 Å². The molecule has 10 heteroatoms. The van der Waals surface area contributed by atoms with Crippen LogP contribution in [0.15, 0.2) is 54.6 Å². The summed E-state index contributed by atoms with van der Waals surface area (Å²) in [6.07, 6.45) is 5.33. The number of likely N-dealkylation sites (N-methyl/N-ethyl adjacent to an activating group) is 2. The Morgan fingerprint density at radius 1 is 0.957 bits per heavy atom. The van der Waals surface area contributed by atoms with E-state index in [9.17, 15) is 9.90 Å². The number of hydrogen-bond acceptors (Lipinski definition) is 8. The van der Waals surface area contributed by atoms with Gasteiger partial charge in [-0.25, -0.2) is 4.79 Å². The number of nitrogens with one attached hydrogen (secondary N) is 1. The number of urea groups is 1. The van der Waals surface area contributed by atoms with Crippen molar-refractivity contribution in [2.24, 2.45) is 0 Å². The van der Waals surface area contributed by atoms with E-state index >= 15 is 0 Å². The van der Waals surface area contributed by atoms with Gasteiger partial charge in [-0.05, 0) is 98.4 Å². The van der Waals surface area contributed by atoms with Crippen LogP contribution in [-0.4, -0.2) is 113 Å². The minimum absolute atomic E-state index is 0.0599. The van der Waals surface area contributed by atoms with Crippen LogP contribution in [-0.2, 0) is 0 Å². The van der Waals surface area contributed by atoms with Gasteiger partial charge in [-0.1, -0.05) is 37.3 Å². The van der Waals surface area contributed by atoms with Gasteiger partial charge < -0.3 is 34.8 Å². The number of carbonyl (C=O) groups excluding carboxylic acids is 1. The molecule has 3 aromatic carbocycles. The number of aromatic nitrogens is 2. The Balaban J connectivity index is 1.12. The summed E-state index contributed by atoms with van der Waals surface area (Å²) in [5, 5.41) is 16.9. The van der Waals surface area contributed by atoms with Crippen molar-refractivity contribution in [2.75, 3.05) is 57.8 Å². The highest BCUT2D eigenvalue weighted by molar-refractivity contribution is 6.01. The van der Waals surface area contributed by atoms with Gasteiger partial charge in [0.15, 0.2) is 0 Å². The zero-order valence-corrected chi connectivity index (χ0v) is 27.4. The lowest BCUT2D eigenvalue weighted by atomic mass is 9.97. The number of aromatic hydroxyl groups is 1. The van der Waals surface area contributed by atoms with Gasteiger partial charge in [-0.3, -0.25) is 0 Å². The van der Waals surface area contributed by atoms with Crippen LogP contribution in [0.5, 0.6) is 11.8 Å². The number of likely N-dealkylation sites (tertiary alicyclic amines) is 3. The van der Waals surface area contributed by atoms with E-state index in [1.165, 1.54) is 6.42 Å². The number of nitrogens with zero attached hydrogens (tertiary/aromatic N) is 6. The summed E-state index contributed by atoms with van der Waals surface area (Å²) in [6.45, 7) is 8.17. The molecule has 10 nitrogen and oxygen atoms in total. The molecule has 4 aliphatic heterocycles. The number of amides is 2. The van der Waals surface area contributed by atoms with Crippen molar-refractivity contribution in [3.63, 3.8) is 0 Å². The summed E-state index contributed by atoms with van der Waals surface area (Å²) in [4.78, 5) is 32.7. The molecule has 4 atom stereocenters. The third-order valence-corrected chi connectivity index (χ3v) is 11.0. The minimum atomic E-state index is 0.0599. The summed E-state index contributed by atoms with van der Waals surface area (Å²) < 4.78 is 6.37. The molecule has 2 bridgehead atoms. The van der Waals surface area contributed by atoms with Crippen LogP contribution in [0.2, 0.25) is 0 Å². The standard InChI is InChI=1S/C37H45N7O3/c1-3-42-16-14-26(20-42)38-37(46)43-21-27-11-12-28(22-43)44(27)35-32-13-10-25(33-19-30(45)17-24-7-4-5-9-31(24)33)18-34(32)39-36(40-35)47-23-29-8-6-15-41(29)2/h4-5,7,9-10,13,17-19,26-29,45H,3,6,8,11-12,14-16,20-23H2,1-2H3,(H,38,46)/t26?,27?,28?,29-/m0/s1. The maximum Gasteiger partial charge on any atom is 0.319 e. The van der Waals surface area contributed by atoms with Gasteiger partial charge in [0.2, 0.25) is 0 Å². The van der Waals surface area contributed by atoms with Crippen LogP contribution in [0.1, 0.15) is 39.0 Å². The van der Waals surface area contributed by atoms with Gasteiger partial charge >= 0.3 is 12.0 Å². The van der Waals surface area contributed by atoms with E-state index in [1.54, 1.807) is 6.07 Å². The molecule has 5 heterocycles. The molecule has 4 fully saturated rings. The number of benzene rings is 3. The fraction of sp³-hybridized carbons (Fsp3) is 0.486. The lowest BCUT2D eigenvalue weighted by Gasteiger charge is -2.42. The third kappa shape index (κ3) is 5.82. The monoisotopic (exact) mass is 635 g/mol. The predicted octanol–water partition coefficient (Wildman–Crippen LogP) is 5.09. The second-order valence-corrected chi connectivity index (χ2v) is 13.9. The molecular formula is C37H45N7O3. The Labute approximate surface area is 276 Å². The van der Waals surface area contributed by atoms with Crippen molar-refractivity contribution in [3.05, 3.63) is 54.6 Å². The normalized spacial score (nSPS) is 24.9. The average molecular weight is 636 g/mol. The highest BCUT2D eigenvalue weighted by atomic mass is 16.5. The van der Waals surface area contributed by atoms with E-state index in [0.29, 0.717) is 31.7 Å². The van der Waals surface area contributed by atoms with Gasteiger partial charge in [-0.2, -0.15) is 9.97 Å². The molecule has 2 N–H and O–H groups in total. The van der Waals surface area contributed by atoms with Crippen molar-refractivity contribution in [1.82, 2.24) is 30.0 Å². The summed E-state index contributed by atoms with van der Waals surface area (Å²) in [6, 6.07) is 19.5. The molecule has 0 saturated carbocycles. The summed E-state index contributed by atoms with van der Waals surface area (Å²) >= 11 is 0. The average Bonchev–Trinajstić information content (AvgIpc) is 3.78. The number of fused-ring (bicyclic) bond motifs is 4. The fourth-order valence-corrected chi connectivity index (χ4v) is 8.33. The second-order valence-electron chi connectivity index (χ2n) is 13.9. The van der Waals surface area contributed by atoms with Gasteiger partial charge in [-0.15, -0.1) is 0 Å². The Bertz CT molecular complexity index is 1790. The van der Waals surface area contributed by atoms with Crippen molar-refractivity contribution in [1.29, 1.82) is 0 Å². The Kier molecular flexibility index (Phi) is 8.01. The second kappa shape index (κ2) is 12.5. The molecule has 0 radical (unpaired) electrons. The zero-order valence-electron chi connectivity index (χ0n) is 27.4. The fourth-order valence-electron chi connectivity index (χ4n) is 8.33. The topological polar surface area (TPSA) is 97.3 Å². The Morgan fingerprint density at radius 3 is 2.55 bits per heavy atom. The molecule has 8 rings (SSSR count). The zero-order chi connectivity index (χ0) is 32.1. The lowest BCUT2D eigenvalue weighted by Crippen LogP contribution is -2.58. The van der Waals surface area contributed by atoms with Crippen LogP contribution in [0.3, 0.4) is 0 Å². The van der Waals surface area contributed by atoms with Crippen LogP contribution in [0, 0.1) is 0 Å². The highest BCUT2D eigenvalue weighted by Crippen LogP contribution is 2.40. The number of piperazine rings is 1. The minimum Gasteiger partial charge on any atom is -0.508 e. The molecule has 3 unspecified atom stereocenters. The predicted molar refractivity (Wildman–Crippen MR) is 185 cm³/mol. The van der Waals surface area contributed by atoms with Crippen molar-refractivity contribution in [3.8, 4) is 22.9 Å². The van der Waals surface area contributed by atoms with E-state index in [0.717, 1.165) is 90.5 Å². The molecular weight excluding hydrogens is 590 g/mol. The first-order chi connectivity index (χ1) is 22.9. The maximum atomic E-state index is 13.4. The van der Waals surface area contributed by atoms with Crippen LogP contribution in [0.25, 0.3) is 32.8 Å². The van der Waals surface area contributed by atoms with E-state index in [-0.39, 0.29) is 29.9 Å². The molecule has 0 aliphatic carbocycles. The number of phenols is 1. The maximum absolute atomic E-state index is 13.4. The molecule has 2 amide bonds. The first-order valence-corrected chi connectivity index (χ1v) is 17.4. The molecule has 47 heavy (non-hydrogen) atoms. The summed E-state index contributed by atoms with van der Waals surface area (Å²) in [7, 11) is 2.15. The SMILES string of the molecule is CCN1CCC(NC(=O)N2CC3CCC(C2)N3c2nc(OC[C@@H]3CCCN3C)nc3cc(-c4cc(O)cc5ccccc45)ccc23)C1. The quantitative estimate of drug-likeness (QED) is 0.290. The molecule has 1 aromatic heterocycles. The number of carbonyl (C=O) groups is 1. The number of phenolic OH excluding ortho intramolecular Hbond substituents is 1. The number of anilines is 1. The van der Waals surface area contributed by atoms with Crippen molar-refractivity contribution in [2.45, 2.75) is 63.2 Å². The molecule has 4 saturated heterocycles. The van der Waals surface area contributed by atoms with E-state index < -0.39 is 0 Å². The lowest BCUT2D eigenvalue weighted by molar-refractivity contribution is 0.178. The van der Waals surface area contributed by atoms with Gasteiger partial charge in [0.1, 0.15) is 18.2 Å². The molecule has 4 aromatic rings. The summed E-state index contributed by atoms with van der Waals surface area (Å²) in [5.74, 6) is 1.13. The van der Waals surface area contributed by atoms with E-state index in [4.69, 9.17) is 14.7 Å². The van der Waals surface area contributed by atoms with E-state index in [1.807, 2.05) is 29.2 Å². The van der Waals surface area contributed by atoms with Crippen molar-refractivity contribution >= 4 is 33.5 Å². The number of hydrogen-bond donors (Lipinski definition) is 2. The van der Waals surface area contributed by atoms with Crippen molar-refractivity contribution < 1.29 is 14.6 Å². The van der Waals surface area contributed by atoms with E-state index in [2.05, 4.69) is 58.3 Å². The first kappa shape index (κ1) is 30.2. The third-order valence-electron chi connectivity index (χ3n) is 11.0. The summed E-state index contributed by atoms with van der Waals surface area (Å²) in [5.41, 5.74) is 2.76. The Morgan fingerprint density at radius 2 is 1.79 bits per heavy atom. The highest BCUT2D eigenvalue weighted by Gasteiger charge is 2.43. The van der Waals surface area contributed by atoms with Gasteiger partial charge in [0, 0.05) is 55.7 Å².